The zero-order valence-electron chi connectivity index (χ0n) is 16.4. The van der Waals surface area contributed by atoms with Crippen LogP contribution in [0.15, 0.2) is 36.4 Å². The number of carbonyl (C=O) groups excluding carboxylic acids is 2. The number of aryl methyl sites for hydroxylation is 1. The fraction of sp³-hybridized carbons (Fsp3) is 0.364. The summed E-state index contributed by atoms with van der Waals surface area (Å²) in [5.74, 6) is -1.30. The van der Waals surface area contributed by atoms with Crippen molar-refractivity contribution < 1.29 is 18.7 Å². The number of nitrogens with one attached hydrogen (secondary N) is 1. The van der Waals surface area contributed by atoms with Gasteiger partial charge in [-0.1, -0.05) is 12.1 Å². The van der Waals surface area contributed by atoms with Gasteiger partial charge in [-0.05, 0) is 69.0 Å². The molecule has 0 radical (unpaired) electrons. The molecule has 1 aliphatic rings. The minimum atomic E-state index is -0.920. The van der Waals surface area contributed by atoms with Crippen LogP contribution in [0.4, 0.5) is 4.39 Å². The SMILES string of the molecule is Cc1cc(/C=C/C(=O)O[C@H](C)C(=O)NCc2ccc(F)cc2)c(C)n1C1CC1. The smallest absolute Gasteiger partial charge is 0.331 e. The molecule has 5 nitrogen and oxygen atoms in total. The summed E-state index contributed by atoms with van der Waals surface area (Å²) in [7, 11) is 0. The van der Waals surface area contributed by atoms with E-state index in [0.29, 0.717) is 6.04 Å². The molecule has 1 atom stereocenters. The lowest BCUT2D eigenvalue weighted by Gasteiger charge is -2.12. The molecule has 148 valence electrons. The highest BCUT2D eigenvalue weighted by molar-refractivity contribution is 5.90. The average molecular weight is 384 g/mol. The van der Waals surface area contributed by atoms with Crippen LogP contribution in [0.5, 0.6) is 0 Å². The molecule has 28 heavy (non-hydrogen) atoms. The highest BCUT2D eigenvalue weighted by Gasteiger charge is 2.26. The van der Waals surface area contributed by atoms with Gasteiger partial charge in [0.2, 0.25) is 0 Å². The zero-order valence-corrected chi connectivity index (χ0v) is 16.4. The molecule has 1 heterocycles. The first-order chi connectivity index (χ1) is 13.3. The van der Waals surface area contributed by atoms with Gasteiger partial charge < -0.3 is 14.6 Å². The van der Waals surface area contributed by atoms with Gasteiger partial charge in [0.1, 0.15) is 5.82 Å². The minimum absolute atomic E-state index is 0.240. The zero-order chi connectivity index (χ0) is 20.3. The lowest BCUT2D eigenvalue weighted by molar-refractivity contribution is -0.150. The number of ether oxygens (including phenoxy) is 1. The molecule has 1 saturated carbocycles. The van der Waals surface area contributed by atoms with Crippen molar-refractivity contribution in [2.24, 2.45) is 0 Å². The Morgan fingerprint density at radius 1 is 1.29 bits per heavy atom. The number of hydrogen-bond acceptors (Lipinski definition) is 3. The third kappa shape index (κ3) is 4.88. The largest absolute Gasteiger partial charge is 0.449 e. The van der Waals surface area contributed by atoms with E-state index in [-0.39, 0.29) is 12.4 Å². The molecule has 3 rings (SSSR count). The van der Waals surface area contributed by atoms with Crippen LogP contribution in [-0.4, -0.2) is 22.5 Å². The number of aromatic nitrogens is 1. The van der Waals surface area contributed by atoms with E-state index in [4.69, 9.17) is 4.74 Å². The molecule has 0 aliphatic heterocycles. The van der Waals surface area contributed by atoms with E-state index in [1.54, 1.807) is 18.2 Å². The third-order valence-electron chi connectivity index (χ3n) is 4.88. The van der Waals surface area contributed by atoms with Crippen LogP contribution in [0.3, 0.4) is 0 Å². The quantitative estimate of drug-likeness (QED) is 0.583. The van der Waals surface area contributed by atoms with Crippen molar-refractivity contribution in [3.63, 3.8) is 0 Å². The van der Waals surface area contributed by atoms with Gasteiger partial charge in [0, 0.05) is 30.1 Å². The van der Waals surface area contributed by atoms with Gasteiger partial charge in [0.15, 0.2) is 6.10 Å². The average Bonchev–Trinajstić information content (AvgIpc) is 3.44. The van der Waals surface area contributed by atoms with Gasteiger partial charge in [0.25, 0.3) is 5.91 Å². The van der Waals surface area contributed by atoms with Crippen molar-refractivity contribution in [3.05, 3.63) is 64.7 Å². The minimum Gasteiger partial charge on any atom is -0.449 e. The van der Waals surface area contributed by atoms with Crippen LogP contribution in [0.25, 0.3) is 6.08 Å². The molecule has 0 unspecified atom stereocenters. The van der Waals surface area contributed by atoms with Crippen LogP contribution in [0.2, 0.25) is 0 Å². The summed E-state index contributed by atoms with van der Waals surface area (Å²) >= 11 is 0. The summed E-state index contributed by atoms with van der Waals surface area (Å²) in [4.78, 5) is 24.1. The van der Waals surface area contributed by atoms with Crippen LogP contribution < -0.4 is 5.32 Å². The van der Waals surface area contributed by atoms with Crippen molar-refractivity contribution in [1.82, 2.24) is 9.88 Å². The maximum Gasteiger partial charge on any atom is 0.331 e. The number of hydrogen-bond donors (Lipinski definition) is 1. The van der Waals surface area contributed by atoms with Crippen LogP contribution in [0, 0.1) is 19.7 Å². The lowest BCUT2D eigenvalue weighted by Crippen LogP contribution is -2.35. The van der Waals surface area contributed by atoms with E-state index in [1.807, 2.05) is 6.92 Å². The van der Waals surface area contributed by atoms with Gasteiger partial charge >= 0.3 is 5.97 Å². The van der Waals surface area contributed by atoms with Gasteiger partial charge in [-0.15, -0.1) is 0 Å². The Kier molecular flexibility index (Phi) is 5.97. The summed E-state index contributed by atoms with van der Waals surface area (Å²) in [5, 5.41) is 2.67. The topological polar surface area (TPSA) is 60.3 Å². The van der Waals surface area contributed by atoms with Crippen molar-refractivity contribution >= 4 is 18.0 Å². The summed E-state index contributed by atoms with van der Waals surface area (Å²) in [6.45, 7) is 5.87. The van der Waals surface area contributed by atoms with Crippen molar-refractivity contribution in [2.45, 2.75) is 52.3 Å². The first-order valence-corrected chi connectivity index (χ1v) is 9.44. The molecule has 0 spiro atoms. The van der Waals surface area contributed by atoms with Crippen LogP contribution in [0.1, 0.15) is 48.3 Å². The molecule has 1 aliphatic carbocycles. The monoisotopic (exact) mass is 384 g/mol. The Morgan fingerprint density at radius 3 is 2.61 bits per heavy atom. The van der Waals surface area contributed by atoms with Crippen molar-refractivity contribution in [3.8, 4) is 0 Å². The maximum atomic E-state index is 12.9. The Labute approximate surface area is 164 Å². The Morgan fingerprint density at radius 2 is 1.96 bits per heavy atom. The predicted octanol–water partition coefficient (Wildman–Crippen LogP) is 3.84. The fourth-order valence-electron chi connectivity index (χ4n) is 3.23. The van der Waals surface area contributed by atoms with E-state index in [9.17, 15) is 14.0 Å². The van der Waals surface area contributed by atoms with E-state index >= 15 is 0 Å². The fourth-order valence-corrected chi connectivity index (χ4v) is 3.23. The number of esters is 1. The number of halogens is 1. The number of rotatable bonds is 7. The highest BCUT2D eigenvalue weighted by atomic mass is 19.1. The Bertz CT molecular complexity index is 895. The number of benzene rings is 1. The molecular weight excluding hydrogens is 359 g/mol. The summed E-state index contributed by atoms with van der Waals surface area (Å²) in [6.07, 6.45) is 4.56. The first-order valence-electron chi connectivity index (χ1n) is 9.44. The lowest BCUT2D eigenvalue weighted by atomic mass is 10.2. The molecule has 6 heteroatoms. The molecule has 1 fully saturated rings. The summed E-state index contributed by atoms with van der Waals surface area (Å²) in [5.41, 5.74) is 4.06. The van der Waals surface area contributed by atoms with Crippen LogP contribution >= 0.6 is 0 Å². The molecular formula is C22H25FN2O3. The first kappa shape index (κ1) is 19.9. The van der Waals surface area contributed by atoms with E-state index in [0.717, 1.165) is 16.8 Å². The van der Waals surface area contributed by atoms with Crippen molar-refractivity contribution in [2.75, 3.05) is 0 Å². The van der Waals surface area contributed by atoms with Crippen LogP contribution in [-0.2, 0) is 20.9 Å². The molecule has 1 aromatic heterocycles. The molecule has 2 aromatic rings. The maximum absolute atomic E-state index is 12.9. The van der Waals surface area contributed by atoms with E-state index in [2.05, 4.69) is 22.9 Å². The van der Waals surface area contributed by atoms with Gasteiger partial charge in [-0.2, -0.15) is 0 Å². The third-order valence-corrected chi connectivity index (χ3v) is 4.88. The molecule has 0 bridgehead atoms. The molecule has 1 amide bonds. The second-order valence-electron chi connectivity index (χ2n) is 7.18. The number of carbonyl (C=O) groups is 2. The molecule has 0 saturated heterocycles. The molecule has 1 N–H and O–H groups in total. The standard InChI is InChI=1S/C22H25FN2O3/c1-14-12-18(15(2)25(14)20-9-10-20)6-11-21(26)28-16(3)22(27)24-13-17-4-7-19(23)8-5-17/h4-8,11-12,16,20H,9-10,13H2,1-3H3,(H,24,27)/b11-6+/t16-/m1/s1. The second-order valence-corrected chi connectivity index (χ2v) is 7.18. The van der Waals surface area contributed by atoms with Gasteiger partial charge in [-0.3, -0.25) is 4.79 Å². The second kappa shape index (κ2) is 8.42. The summed E-state index contributed by atoms with van der Waals surface area (Å²) in [6, 6.07) is 8.47. The Hall–Kier alpha value is -2.89. The molecule has 1 aromatic carbocycles. The van der Waals surface area contributed by atoms with E-state index in [1.165, 1.54) is 43.7 Å². The highest BCUT2D eigenvalue weighted by Crippen LogP contribution is 2.38. The van der Waals surface area contributed by atoms with Crippen molar-refractivity contribution in [1.29, 1.82) is 0 Å². The van der Waals surface area contributed by atoms with E-state index < -0.39 is 18.0 Å². The summed E-state index contributed by atoms with van der Waals surface area (Å²) < 4.78 is 20.4. The van der Waals surface area contributed by atoms with Gasteiger partial charge in [-0.25, -0.2) is 9.18 Å². The predicted molar refractivity (Wildman–Crippen MR) is 105 cm³/mol. The number of amides is 1. The number of nitrogens with zero attached hydrogens (tertiary/aromatic N) is 1. The normalized spacial score (nSPS) is 14.9. The Balaban J connectivity index is 1.51. The van der Waals surface area contributed by atoms with Gasteiger partial charge in [0.05, 0.1) is 0 Å².